The van der Waals surface area contributed by atoms with Gasteiger partial charge in [0.25, 0.3) is 6.43 Å². The number of hydrogen-bond donors (Lipinski definition) is 1. The minimum Gasteiger partial charge on any atom is -0.469 e. The van der Waals surface area contributed by atoms with Gasteiger partial charge in [0.2, 0.25) is 0 Å². The number of hydrogen-bond acceptors (Lipinski definition) is 3. The highest BCUT2D eigenvalue weighted by molar-refractivity contribution is 5.85. The zero-order valence-corrected chi connectivity index (χ0v) is 6.74. The maximum atomic E-state index is 11.6. The van der Waals surface area contributed by atoms with Crippen molar-refractivity contribution < 1.29 is 18.3 Å². The smallest absolute Gasteiger partial charge is 0.307 e. The molecule has 6 heteroatoms. The molecule has 0 aliphatic heterocycles. The molecule has 0 saturated heterocycles. The first-order valence-electron chi connectivity index (χ1n) is 2.68. The van der Waals surface area contributed by atoms with Crippen LogP contribution in [0.1, 0.15) is 6.42 Å². The van der Waals surface area contributed by atoms with Crippen LogP contribution in [0.3, 0.4) is 0 Å². The molecule has 0 bridgehead atoms. The van der Waals surface area contributed by atoms with Gasteiger partial charge < -0.3 is 10.5 Å². The van der Waals surface area contributed by atoms with Gasteiger partial charge in [-0.05, 0) is 0 Å². The molecular formula is C5H10ClF2NO2. The fraction of sp³-hybridized carbons (Fsp3) is 0.800. The molecule has 0 amide bonds. The molecule has 0 rings (SSSR count). The first-order chi connectivity index (χ1) is 4.57. The Morgan fingerprint density at radius 2 is 2.09 bits per heavy atom. The lowest BCUT2D eigenvalue weighted by atomic mass is 10.2. The normalized spacial score (nSPS) is 12.1. The maximum Gasteiger partial charge on any atom is 0.307 e. The summed E-state index contributed by atoms with van der Waals surface area (Å²) in [4.78, 5) is 10.3. The third-order valence-corrected chi connectivity index (χ3v) is 0.954. The Bertz CT molecular complexity index is 123. The summed E-state index contributed by atoms with van der Waals surface area (Å²) in [7, 11) is 1.13. The first kappa shape index (κ1) is 13.2. The molecular weight excluding hydrogens is 180 g/mol. The number of ether oxygens (including phenoxy) is 1. The van der Waals surface area contributed by atoms with Crippen LogP contribution in [0.15, 0.2) is 0 Å². The molecule has 0 aromatic rings. The quantitative estimate of drug-likeness (QED) is 0.661. The molecule has 0 fully saturated rings. The zero-order chi connectivity index (χ0) is 8.15. The van der Waals surface area contributed by atoms with Gasteiger partial charge in [-0.15, -0.1) is 12.4 Å². The molecule has 0 spiro atoms. The van der Waals surface area contributed by atoms with Gasteiger partial charge in [-0.2, -0.15) is 0 Å². The number of nitrogens with two attached hydrogens (primary N) is 1. The first-order valence-corrected chi connectivity index (χ1v) is 2.68. The molecule has 3 nitrogen and oxygen atoms in total. The Balaban J connectivity index is 0. The van der Waals surface area contributed by atoms with Crippen molar-refractivity contribution in [3.63, 3.8) is 0 Å². The topological polar surface area (TPSA) is 52.3 Å². The molecule has 11 heavy (non-hydrogen) atoms. The highest BCUT2D eigenvalue weighted by Gasteiger charge is 2.18. The van der Waals surface area contributed by atoms with Crippen LogP contribution in [0.2, 0.25) is 0 Å². The molecule has 0 radical (unpaired) electrons. The fourth-order valence-corrected chi connectivity index (χ4v) is 0.365. The van der Waals surface area contributed by atoms with Gasteiger partial charge in [0.15, 0.2) is 0 Å². The summed E-state index contributed by atoms with van der Waals surface area (Å²) < 4.78 is 27.3. The van der Waals surface area contributed by atoms with E-state index in [-0.39, 0.29) is 12.4 Å². The van der Waals surface area contributed by atoms with Crippen molar-refractivity contribution >= 4 is 18.4 Å². The lowest BCUT2D eigenvalue weighted by Crippen LogP contribution is -2.31. The molecule has 0 aromatic carbocycles. The van der Waals surface area contributed by atoms with Crippen molar-refractivity contribution in [1.82, 2.24) is 0 Å². The minimum atomic E-state index is -2.67. The van der Waals surface area contributed by atoms with Crippen LogP contribution in [-0.4, -0.2) is 25.5 Å². The van der Waals surface area contributed by atoms with Crippen molar-refractivity contribution in [1.29, 1.82) is 0 Å². The Kier molecular flexibility index (Phi) is 7.55. The summed E-state index contributed by atoms with van der Waals surface area (Å²) in [5, 5.41) is 0. The second-order valence-electron chi connectivity index (χ2n) is 1.78. The lowest BCUT2D eigenvalue weighted by molar-refractivity contribution is -0.141. The molecule has 0 aromatic heterocycles. The Morgan fingerprint density at radius 1 is 1.64 bits per heavy atom. The van der Waals surface area contributed by atoms with Gasteiger partial charge >= 0.3 is 5.97 Å². The molecule has 0 heterocycles. The standard InChI is InChI=1S/C5H9F2NO2.ClH/c1-10-4(9)2-3(8)5(6)7;/h3,5H,2,8H2,1H3;1H. The molecule has 0 aliphatic carbocycles. The van der Waals surface area contributed by atoms with E-state index >= 15 is 0 Å². The Hall–Kier alpha value is -0.420. The van der Waals surface area contributed by atoms with Gasteiger partial charge in [0, 0.05) is 0 Å². The summed E-state index contributed by atoms with van der Waals surface area (Å²) >= 11 is 0. The third kappa shape index (κ3) is 6.00. The monoisotopic (exact) mass is 189 g/mol. The van der Waals surface area contributed by atoms with Gasteiger partial charge in [-0.3, -0.25) is 4.79 Å². The predicted molar refractivity (Wildman–Crippen MR) is 37.9 cm³/mol. The van der Waals surface area contributed by atoms with E-state index in [1.165, 1.54) is 0 Å². The highest BCUT2D eigenvalue weighted by Crippen LogP contribution is 2.02. The summed E-state index contributed by atoms with van der Waals surface area (Å²) in [5.74, 6) is -0.715. The highest BCUT2D eigenvalue weighted by atomic mass is 35.5. The molecule has 0 aliphatic rings. The van der Waals surface area contributed by atoms with Crippen molar-refractivity contribution in [2.24, 2.45) is 5.73 Å². The number of carbonyl (C=O) groups is 1. The second kappa shape index (κ2) is 6.30. The van der Waals surface area contributed by atoms with E-state index in [1.54, 1.807) is 0 Å². The molecule has 1 atom stereocenters. The number of carbonyl (C=O) groups excluding carboxylic acids is 1. The summed E-state index contributed by atoms with van der Waals surface area (Å²) in [5.41, 5.74) is 4.84. The average molecular weight is 190 g/mol. The van der Waals surface area contributed by atoms with Crippen LogP contribution < -0.4 is 5.73 Å². The SMILES string of the molecule is COC(=O)CC(N)C(F)F.Cl. The van der Waals surface area contributed by atoms with E-state index in [9.17, 15) is 13.6 Å². The third-order valence-electron chi connectivity index (χ3n) is 0.954. The average Bonchev–Trinajstić information content (AvgIpc) is 1.87. The number of methoxy groups -OCH3 is 1. The molecule has 0 saturated carbocycles. The summed E-state index contributed by atoms with van der Waals surface area (Å²) in [6.45, 7) is 0. The second-order valence-corrected chi connectivity index (χ2v) is 1.78. The maximum absolute atomic E-state index is 11.6. The predicted octanol–water partition coefficient (Wildman–Crippen LogP) is 0.564. The van der Waals surface area contributed by atoms with Gasteiger partial charge in [-0.25, -0.2) is 8.78 Å². The number of rotatable bonds is 3. The van der Waals surface area contributed by atoms with Crippen LogP contribution >= 0.6 is 12.4 Å². The Morgan fingerprint density at radius 3 is 2.36 bits per heavy atom. The molecule has 1 unspecified atom stereocenters. The largest absolute Gasteiger partial charge is 0.469 e. The zero-order valence-electron chi connectivity index (χ0n) is 5.92. The van der Waals surface area contributed by atoms with E-state index in [2.05, 4.69) is 4.74 Å². The Labute approximate surface area is 69.3 Å². The minimum absolute atomic E-state index is 0. The number of esters is 1. The van der Waals surface area contributed by atoms with Crippen LogP contribution in [-0.2, 0) is 9.53 Å². The number of halogens is 3. The fourth-order valence-electron chi connectivity index (χ4n) is 0.365. The molecule has 68 valence electrons. The molecule has 2 N–H and O–H groups in total. The summed E-state index contributed by atoms with van der Waals surface area (Å²) in [6.07, 6.45) is -3.10. The number of alkyl halides is 2. The van der Waals surface area contributed by atoms with E-state index in [4.69, 9.17) is 5.73 Å². The lowest BCUT2D eigenvalue weighted by Gasteiger charge is -2.07. The van der Waals surface area contributed by atoms with Crippen molar-refractivity contribution in [2.75, 3.05) is 7.11 Å². The van der Waals surface area contributed by atoms with Crippen molar-refractivity contribution in [3.8, 4) is 0 Å². The van der Waals surface area contributed by atoms with Crippen LogP contribution in [0.4, 0.5) is 8.78 Å². The van der Waals surface area contributed by atoms with Crippen molar-refractivity contribution in [3.05, 3.63) is 0 Å². The van der Waals surface area contributed by atoms with Crippen LogP contribution in [0.5, 0.6) is 0 Å². The van der Waals surface area contributed by atoms with Crippen LogP contribution in [0.25, 0.3) is 0 Å². The van der Waals surface area contributed by atoms with E-state index in [1.807, 2.05) is 0 Å². The van der Waals surface area contributed by atoms with Gasteiger partial charge in [0.05, 0.1) is 19.6 Å². The van der Waals surface area contributed by atoms with Crippen LogP contribution in [0, 0.1) is 0 Å². The van der Waals surface area contributed by atoms with E-state index in [0.717, 1.165) is 7.11 Å². The van der Waals surface area contributed by atoms with Gasteiger partial charge in [-0.1, -0.05) is 0 Å². The van der Waals surface area contributed by atoms with E-state index < -0.39 is 24.9 Å². The van der Waals surface area contributed by atoms with Gasteiger partial charge in [0.1, 0.15) is 0 Å². The van der Waals surface area contributed by atoms with Crippen molar-refractivity contribution in [2.45, 2.75) is 18.9 Å². The van der Waals surface area contributed by atoms with E-state index in [0.29, 0.717) is 0 Å². The summed E-state index contributed by atoms with van der Waals surface area (Å²) in [6, 6.07) is -1.41.